The number of hydrogen-bond acceptors (Lipinski definition) is 4. The summed E-state index contributed by atoms with van der Waals surface area (Å²) in [5, 5.41) is 0.562. The Kier molecular flexibility index (Phi) is 2.50. The number of benzene rings is 1. The monoisotopic (exact) mass is 214 g/mol. The molecule has 0 aromatic heterocycles. The highest BCUT2D eigenvalue weighted by molar-refractivity contribution is 6.31. The van der Waals surface area contributed by atoms with E-state index < -0.39 is 0 Å². The molecule has 0 saturated carbocycles. The average molecular weight is 215 g/mol. The van der Waals surface area contributed by atoms with Crippen LogP contribution in [0.2, 0.25) is 5.02 Å². The van der Waals surface area contributed by atoms with Gasteiger partial charge in [-0.3, -0.25) is 0 Å². The molecule has 0 amide bonds. The molecule has 1 aromatic rings. The van der Waals surface area contributed by atoms with Crippen molar-refractivity contribution >= 4 is 11.6 Å². The van der Waals surface area contributed by atoms with Crippen molar-refractivity contribution < 1.29 is 9.47 Å². The summed E-state index contributed by atoms with van der Waals surface area (Å²) >= 11 is 6.01. The topological polar surface area (TPSA) is 70.5 Å². The Balaban J connectivity index is 2.42. The lowest BCUT2D eigenvalue weighted by molar-refractivity contribution is 0.174. The van der Waals surface area contributed by atoms with E-state index in [2.05, 4.69) is 0 Å². The second-order valence-corrected chi connectivity index (χ2v) is 3.48. The van der Waals surface area contributed by atoms with E-state index in [0.29, 0.717) is 23.1 Å². The van der Waals surface area contributed by atoms with Crippen LogP contribution in [0.5, 0.6) is 11.5 Å². The molecule has 2 rings (SSSR count). The molecule has 14 heavy (non-hydrogen) atoms. The van der Waals surface area contributed by atoms with Crippen molar-refractivity contribution in [3.63, 3.8) is 0 Å². The zero-order chi connectivity index (χ0) is 10.1. The summed E-state index contributed by atoms with van der Waals surface area (Å²) in [4.78, 5) is 0. The lowest BCUT2D eigenvalue weighted by Gasteiger charge is -2.11. The number of rotatable bonds is 2. The maximum atomic E-state index is 6.01. The summed E-state index contributed by atoms with van der Waals surface area (Å²) in [5.74, 6) is 1.33. The number of halogens is 1. The van der Waals surface area contributed by atoms with Gasteiger partial charge in [0.1, 0.15) is 0 Å². The zero-order valence-electron chi connectivity index (χ0n) is 7.50. The molecular formula is C9H11ClN2O2. The SMILES string of the molecule is NCC(N)c1cc2c(cc1Cl)OCO2. The molecule has 0 fully saturated rings. The van der Waals surface area contributed by atoms with Gasteiger partial charge in [0.2, 0.25) is 6.79 Å². The molecule has 0 saturated heterocycles. The standard InChI is InChI=1S/C9H11ClN2O2/c10-6-2-9-8(13-4-14-9)1-5(6)7(12)3-11/h1-2,7H,3-4,11-12H2. The molecule has 1 aliphatic rings. The molecular weight excluding hydrogens is 204 g/mol. The van der Waals surface area contributed by atoms with Gasteiger partial charge in [0.05, 0.1) is 0 Å². The van der Waals surface area contributed by atoms with E-state index in [1.54, 1.807) is 12.1 Å². The van der Waals surface area contributed by atoms with Gasteiger partial charge in [-0.2, -0.15) is 0 Å². The first-order chi connectivity index (χ1) is 6.72. The molecule has 5 heteroatoms. The Labute approximate surface area is 86.7 Å². The Morgan fingerprint density at radius 1 is 1.36 bits per heavy atom. The van der Waals surface area contributed by atoms with Crippen LogP contribution in [-0.2, 0) is 0 Å². The molecule has 1 aliphatic heterocycles. The van der Waals surface area contributed by atoms with E-state index in [4.69, 9.17) is 32.5 Å². The van der Waals surface area contributed by atoms with Crippen LogP contribution in [0.4, 0.5) is 0 Å². The van der Waals surface area contributed by atoms with Gasteiger partial charge in [-0.15, -0.1) is 0 Å². The molecule has 4 N–H and O–H groups in total. The Bertz CT molecular complexity index is 357. The third-order valence-electron chi connectivity index (χ3n) is 2.15. The number of hydrogen-bond donors (Lipinski definition) is 2. The van der Waals surface area contributed by atoms with E-state index in [-0.39, 0.29) is 12.8 Å². The lowest BCUT2D eigenvalue weighted by Crippen LogP contribution is -2.21. The summed E-state index contributed by atoms with van der Waals surface area (Å²) in [7, 11) is 0. The van der Waals surface area contributed by atoms with Crippen LogP contribution in [0.3, 0.4) is 0 Å². The first kappa shape index (κ1) is 9.58. The molecule has 0 spiro atoms. The van der Waals surface area contributed by atoms with Crippen LogP contribution in [-0.4, -0.2) is 13.3 Å². The molecule has 76 valence electrons. The second kappa shape index (κ2) is 3.65. The van der Waals surface area contributed by atoms with Gasteiger partial charge in [0.15, 0.2) is 11.5 Å². The van der Waals surface area contributed by atoms with Gasteiger partial charge in [-0.1, -0.05) is 11.6 Å². The number of ether oxygens (including phenoxy) is 2. The molecule has 4 nitrogen and oxygen atoms in total. The van der Waals surface area contributed by atoms with Gasteiger partial charge in [0.25, 0.3) is 0 Å². The number of nitrogens with two attached hydrogens (primary N) is 2. The van der Waals surface area contributed by atoms with Crippen molar-refractivity contribution in [3.05, 3.63) is 22.7 Å². The summed E-state index contributed by atoms with van der Waals surface area (Å²) in [6, 6.07) is 3.22. The second-order valence-electron chi connectivity index (χ2n) is 3.07. The first-order valence-electron chi connectivity index (χ1n) is 4.27. The predicted molar refractivity (Wildman–Crippen MR) is 53.6 cm³/mol. The van der Waals surface area contributed by atoms with E-state index in [0.717, 1.165) is 5.56 Å². The normalized spacial score (nSPS) is 15.6. The van der Waals surface area contributed by atoms with E-state index in [1.165, 1.54) is 0 Å². The van der Waals surface area contributed by atoms with Crippen molar-refractivity contribution in [2.75, 3.05) is 13.3 Å². The molecule has 0 bridgehead atoms. The maximum Gasteiger partial charge on any atom is 0.231 e. The minimum absolute atomic E-state index is 0.229. The Morgan fingerprint density at radius 3 is 2.64 bits per heavy atom. The molecule has 1 aromatic carbocycles. The fourth-order valence-electron chi connectivity index (χ4n) is 1.34. The van der Waals surface area contributed by atoms with Crippen LogP contribution in [0.15, 0.2) is 12.1 Å². The first-order valence-corrected chi connectivity index (χ1v) is 4.65. The molecule has 1 atom stereocenters. The van der Waals surface area contributed by atoms with E-state index in [1.807, 2.05) is 0 Å². The van der Waals surface area contributed by atoms with Crippen molar-refractivity contribution in [2.45, 2.75) is 6.04 Å². The fraction of sp³-hybridized carbons (Fsp3) is 0.333. The minimum Gasteiger partial charge on any atom is -0.454 e. The molecule has 1 heterocycles. The van der Waals surface area contributed by atoms with Crippen LogP contribution in [0.25, 0.3) is 0 Å². The summed E-state index contributed by atoms with van der Waals surface area (Å²) in [5.41, 5.74) is 12.0. The van der Waals surface area contributed by atoms with Crippen molar-refractivity contribution in [1.29, 1.82) is 0 Å². The number of fused-ring (bicyclic) bond motifs is 1. The maximum absolute atomic E-state index is 6.01. The average Bonchev–Trinajstić information content (AvgIpc) is 2.62. The van der Waals surface area contributed by atoms with Crippen LogP contribution >= 0.6 is 11.6 Å². The van der Waals surface area contributed by atoms with E-state index >= 15 is 0 Å². The third-order valence-corrected chi connectivity index (χ3v) is 2.47. The van der Waals surface area contributed by atoms with Gasteiger partial charge in [-0.25, -0.2) is 0 Å². The third kappa shape index (κ3) is 1.52. The summed E-state index contributed by atoms with van der Waals surface area (Å²) in [6.07, 6.45) is 0. The minimum atomic E-state index is -0.267. The van der Waals surface area contributed by atoms with Gasteiger partial charge < -0.3 is 20.9 Å². The van der Waals surface area contributed by atoms with Gasteiger partial charge in [0, 0.05) is 23.7 Å². The molecule has 1 unspecified atom stereocenters. The summed E-state index contributed by atoms with van der Waals surface area (Å²) < 4.78 is 10.4. The molecule has 0 aliphatic carbocycles. The fourth-order valence-corrected chi connectivity index (χ4v) is 1.64. The van der Waals surface area contributed by atoms with Crippen molar-refractivity contribution in [2.24, 2.45) is 11.5 Å². The van der Waals surface area contributed by atoms with Crippen molar-refractivity contribution in [3.8, 4) is 11.5 Å². The smallest absolute Gasteiger partial charge is 0.231 e. The van der Waals surface area contributed by atoms with Crippen LogP contribution < -0.4 is 20.9 Å². The highest BCUT2D eigenvalue weighted by atomic mass is 35.5. The van der Waals surface area contributed by atoms with Crippen molar-refractivity contribution in [1.82, 2.24) is 0 Å². The Morgan fingerprint density at radius 2 is 2.00 bits per heavy atom. The zero-order valence-corrected chi connectivity index (χ0v) is 8.25. The van der Waals surface area contributed by atoms with E-state index in [9.17, 15) is 0 Å². The Hall–Kier alpha value is -0.970. The van der Waals surface area contributed by atoms with Gasteiger partial charge in [-0.05, 0) is 11.6 Å². The lowest BCUT2D eigenvalue weighted by atomic mass is 10.1. The summed E-state index contributed by atoms with van der Waals surface area (Å²) in [6.45, 7) is 0.576. The highest BCUT2D eigenvalue weighted by Gasteiger charge is 2.18. The predicted octanol–water partition coefficient (Wildman–Crippen LogP) is 1.03. The quantitative estimate of drug-likeness (QED) is 0.772. The molecule has 0 radical (unpaired) electrons. The van der Waals surface area contributed by atoms with Gasteiger partial charge >= 0.3 is 0 Å². The highest BCUT2D eigenvalue weighted by Crippen LogP contribution is 2.38. The largest absolute Gasteiger partial charge is 0.454 e. The van der Waals surface area contributed by atoms with Crippen LogP contribution in [0, 0.1) is 0 Å². The van der Waals surface area contributed by atoms with Crippen LogP contribution in [0.1, 0.15) is 11.6 Å².